The number of nitrogens with two attached hydrogens (primary N) is 1. The van der Waals surface area contributed by atoms with Gasteiger partial charge in [0, 0.05) is 0 Å². The summed E-state index contributed by atoms with van der Waals surface area (Å²) >= 11 is 0. The third-order valence-corrected chi connectivity index (χ3v) is 0.911. The maximum Gasteiger partial charge on any atom is 0.148 e. The molecular weight excluding hydrogens is 94.0 g/mol. The van der Waals surface area contributed by atoms with Gasteiger partial charge in [-0.2, -0.15) is 0 Å². The molecule has 0 heterocycles. The molecule has 0 radical (unpaired) electrons. The fourth-order valence-electron chi connectivity index (χ4n) is 0.0645. The van der Waals surface area contributed by atoms with Crippen LogP contribution in [0, 0.1) is 0 Å². The van der Waals surface area contributed by atoms with Crippen LogP contribution >= 0.6 is 0 Å². The Morgan fingerprint density at radius 3 is 2.29 bits per heavy atom. The zero-order chi connectivity index (χ0) is 5.91. The Balaban J connectivity index is 3.36. The molecule has 3 N–H and O–H groups in total. The quantitative estimate of drug-likeness (QED) is 0.306. The van der Waals surface area contributed by atoms with Crippen LogP contribution in [-0.4, -0.2) is 11.0 Å². The summed E-state index contributed by atoms with van der Waals surface area (Å²) in [4.78, 5) is 3.86. The van der Waals surface area contributed by atoms with Gasteiger partial charge in [0.1, 0.15) is 5.72 Å². The average molecular weight is 105 g/mol. The first-order valence-corrected chi connectivity index (χ1v) is 2.24. The van der Waals surface area contributed by atoms with Crippen molar-refractivity contribution in [1.82, 2.24) is 0 Å². The van der Waals surface area contributed by atoms with Gasteiger partial charge in [0.05, 0.1) is 0 Å². The average Bonchev–Trinajstić information content (AvgIpc) is 1.68. The molecule has 1 atom stereocenters. The summed E-state index contributed by atoms with van der Waals surface area (Å²) in [6.45, 7) is 3.43. The highest BCUT2D eigenvalue weighted by molar-refractivity contribution is 4.58. The lowest BCUT2D eigenvalue weighted by molar-refractivity contribution is -0.317. The molecule has 0 aliphatic rings. The highest BCUT2D eigenvalue weighted by Gasteiger charge is 2.14. The second-order valence-electron chi connectivity index (χ2n) is 1.76. The summed E-state index contributed by atoms with van der Waals surface area (Å²) in [5.74, 6) is 0. The predicted molar refractivity (Wildman–Crippen MR) is 26.6 cm³/mol. The Labute approximate surface area is 43.0 Å². The second-order valence-corrected chi connectivity index (χ2v) is 1.76. The van der Waals surface area contributed by atoms with Crippen molar-refractivity contribution in [3.8, 4) is 0 Å². The number of hydrogen-bond donors (Lipinski definition) is 2. The van der Waals surface area contributed by atoms with Gasteiger partial charge in [0.15, 0.2) is 0 Å². The molecule has 3 heteroatoms. The van der Waals surface area contributed by atoms with Gasteiger partial charge in [-0.05, 0) is 13.3 Å². The summed E-state index contributed by atoms with van der Waals surface area (Å²) in [6.07, 6.45) is 0.601. The second kappa shape index (κ2) is 2.26. The van der Waals surface area contributed by atoms with Crippen molar-refractivity contribution in [3.05, 3.63) is 0 Å². The van der Waals surface area contributed by atoms with Crippen molar-refractivity contribution in [3.63, 3.8) is 0 Å². The van der Waals surface area contributed by atoms with Crippen LogP contribution in [0.25, 0.3) is 0 Å². The van der Waals surface area contributed by atoms with Crippen LogP contribution in [0.5, 0.6) is 0 Å². The van der Waals surface area contributed by atoms with Gasteiger partial charge < -0.3 is 5.73 Å². The van der Waals surface area contributed by atoms with Crippen molar-refractivity contribution in [1.29, 1.82) is 0 Å². The Kier molecular flexibility index (Phi) is 2.22. The first-order valence-electron chi connectivity index (χ1n) is 2.24. The van der Waals surface area contributed by atoms with E-state index in [1.54, 1.807) is 6.92 Å². The monoisotopic (exact) mass is 105 g/mol. The van der Waals surface area contributed by atoms with Crippen molar-refractivity contribution >= 4 is 0 Å². The molecule has 0 rings (SSSR count). The fraction of sp³-hybridized carbons (Fsp3) is 1.00. The molecule has 0 fully saturated rings. The van der Waals surface area contributed by atoms with E-state index in [1.165, 1.54) is 0 Å². The maximum atomic E-state index is 7.97. The SMILES string of the molecule is CCC(C)(N)OO. The highest BCUT2D eigenvalue weighted by Crippen LogP contribution is 2.02. The lowest BCUT2D eigenvalue weighted by Crippen LogP contribution is -2.37. The number of rotatable bonds is 2. The van der Waals surface area contributed by atoms with Crippen molar-refractivity contribution in [2.24, 2.45) is 5.73 Å². The molecule has 3 nitrogen and oxygen atoms in total. The summed E-state index contributed by atoms with van der Waals surface area (Å²) in [7, 11) is 0. The van der Waals surface area contributed by atoms with Crippen molar-refractivity contribution < 1.29 is 10.1 Å². The summed E-state index contributed by atoms with van der Waals surface area (Å²) in [5.41, 5.74) is 4.38. The normalized spacial score (nSPS) is 18.9. The van der Waals surface area contributed by atoms with Crippen LogP contribution in [0.4, 0.5) is 0 Å². The third kappa shape index (κ3) is 2.56. The van der Waals surface area contributed by atoms with Crippen LogP contribution in [-0.2, 0) is 4.89 Å². The van der Waals surface area contributed by atoms with E-state index in [9.17, 15) is 0 Å². The van der Waals surface area contributed by atoms with Gasteiger partial charge in [-0.15, -0.1) is 0 Å². The van der Waals surface area contributed by atoms with E-state index >= 15 is 0 Å². The molecular formula is C4H11NO2. The van der Waals surface area contributed by atoms with Crippen molar-refractivity contribution in [2.75, 3.05) is 0 Å². The zero-order valence-corrected chi connectivity index (χ0v) is 4.64. The van der Waals surface area contributed by atoms with E-state index in [1.807, 2.05) is 6.92 Å². The molecule has 0 aliphatic carbocycles. The molecule has 0 aromatic rings. The van der Waals surface area contributed by atoms with Crippen LogP contribution in [0.3, 0.4) is 0 Å². The Morgan fingerprint density at radius 1 is 1.86 bits per heavy atom. The Bertz CT molecular complexity index is 47.7. The predicted octanol–water partition coefficient (Wildman–Crippen LogP) is 0.561. The van der Waals surface area contributed by atoms with Crippen LogP contribution in [0.1, 0.15) is 20.3 Å². The molecule has 44 valence electrons. The molecule has 0 aliphatic heterocycles. The first kappa shape index (κ1) is 6.88. The molecule has 0 bridgehead atoms. The van der Waals surface area contributed by atoms with Gasteiger partial charge >= 0.3 is 0 Å². The van der Waals surface area contributed by atoms with E-state index in [0.29, 0.717) is 6.42 Å². The minimum Gasteiger partial charge on any atom is -0.301 e. The molecule has 1 unspecified atom stereocenters. The number of hydrogen-bond acceptors (Lipinski definition) is 3. The van der Waals surface area contributed by atoms with E-state index in [-0.39, 0.29) is 0 Å². The van der Waals surface area contributed by atoms with Gasteiger partial charge in [-0.1, -0.05) is 6.92 Å². The minimum absolute atomic E-state index is 0.601. The van der Waals surface area contributed by atoms with Crippen LogP contribution < -0.4 is 5.73 Å². The maximum absolute atomic E-state index is 7.97. The Hall–Kier alpha value is -0.120. The molecule has 0 aromatic carbocycles. The van der Waals surface area contributed by atoms with E-state index in [0.717, 1.165) is 0 Å². The molecule has 0 spiro atoms. The molecule has 7 heavy (non-hydrogen) atoms. The molecule has 0 aromatic heterocycles. The van der Waals surface area contributed by atoms with Gasteiger partial charge in [-0.3, -0.25) is 0 Å². The van der Waals surface area contributed by atoms with E-state index in [4.69, 9.17) is 11.0 Å². The fourth-order valence-corrected chi connectivity index (χ4v) is 0.0645. The Morgan fingerprint density at radius 2 is 2.29 bits per heavy atom. The van der Waals surface area contributed by atoms with Gasteiger partial charge in [0.2, 0.25) is 0 Å². The largest absolute Gasteiger partial charge is 0.301 e. The smallest absolute Gasteiger partial charge is 0.148 e. The standard InChI is InChI=1S/C4H11NO2/c1-3-4(2,5)7-6/h6H,3,5H2,1-2H3. The van der Waals surface area contributed by atoms with Crippen molar-refractivity contribution in [2.45, 2.75) is 26.0 Å². The third-order valence-electron chi connectivity index (χ3n) is 0.911. The summed E-state index contributed by atoms with van der Waals surface area (Å²) in [6, 6.07) is 0. The van der Waals surface area contributed by atoms with Crippen LogP contribution in [0.2, 0.25) is 0 Å². The van der Waals surface area contributed by atoms with E-state index in [2.05, 4.69) is 4.89 Å². The van der Waals surface area contributed by atoms with E-state index < -0.39 is 5.72 Å². The summed E-state index contributed by atoms with van der Waals surface area (Å²) < 4.78 is 0. The topological polar surface area (TPSA) is 55.5 Å². The lowest BCUT2D eigenvalue weighted by atomic mass is 10.2. The summed E-state index contributed by atoms with van der Waals surface area (Å²) in [5, 5.41) is 7.97. The lowest BCUT2D eigenvalue weighted by Gasteiger charge is -2.16. The minimum atomic E-state index is -0.861. The van der Waals surface area contributed by atoms with Gasteiger partial charge in [0.25, 0.3) is 0 Å². The highest BCUT2D eigenvalue weighted by atomic mass is 17.1. The van der Waals surface area contributed by atoms with Gasteiger partial charge in [-0.25, -0.2) is 10.1 Å². The van der Waals surface area contributed by atoms with Crippen LogP contribution in [0.15, 0.2) is 0 Å². The molecule has 0 saturated heterocycles. The molecule has 0 saturated carbocycles. The first-order chi connectivity index (χ1) is 3.12. The zero-order valence-electron chi connectivity index (χ0n) is 4.64. The molecule has 0 amide bonds.